The van der Waals surface area contributed by atoms with Crippen molar-refractivity contribution in [3.8, 4) is 0 Å². The SMILES string of the molecule is CCC(=O)c1cc(C(=O)O)c(C(=O)CC)cc1C(=O)O. The number of carboxylic acid groups (broad SMARTS) is 2. The number of hydrogen-bond acceptors (Lipinski definition) is 4. The Bertz CT molecular complexity index is 546. The normalized spacial score (nSPS) is 10.1. The van der Waals surface area contributed by atoms with E-state index in [1.54, 1.807) is 13.8 Å². The Hall–Kier alpha value is -2.50. The number of benzene rings is 1. The van der Waals surface area contributed by atoms with E-state index in [9.17, 15) is 19.2 Å². The second-order valence-corrected chi connectivity index (χ2v) is 4.11. The van der Waals surface area contributed by atoms with Gasteiger partial charge in [0.15, 0.2) is 11.6 Å². The molecule has 0 bridgehead atoms. The maximum atomic E-state index is 11.7. The number of carbonyl (C=O) groups is 4. The Balaban J connectivity index is 3.68. The molecular weight excluding hydrogens is 264 g/mol. The topological polar surface area (TPSA) is 109 Å². The van der Waals surface area contributed by atoms with E-state index in [1.165, 1.54) is 0 Å². The number of carboxylic acids is 2. The molecule has 0 unspecified atom stereocenters. The fourth-order valence-electron chi connectivity index (χ4n) is 1.80. The summed E-state index contributed by atoms with van der Waals surface area (Å²) in [6, 6.07) is 1.95. The van der Waals surface area contributed by atoms with Crippen LogP contribution in [-0.4, -0.2) is 33.7 Å². The molecule has 0 radical (unpaired) electrons. The molecule has 6 nitrogen and oxygen atoms in total. The molecule has 0 spiro atoms. The van der Waals surface area contributed by atoms with E-state index in [0.29, 0.717) is 0 Å². The van der Waals surface area contributed by atoms with Crippen molar-refractivity contribution < 1.29 is 29.4 Å². The molecular formula is C14H14O6. The zero-order valence-electron chi connectivity index (χ0n) is 11.1. The molecule has 0 atom stereocenters. The lowest BCUT2D eigenvalue weighted by Crippen LogP contribution is -2.15. The van der Waals surface area contributed by atoms with Crippen LogP contribution in [0.15, 0.2) is 12.1 Å². The predicted molar refractivity (Wildman–Crippen MR) is 69.6 cm³/mol. The summed E-state index contributed by atoms with van der Waals surface area (Å²) in [4.78, 5) is 45.8. The third-order valence-electron chi connectivity index (χ3n) is 2.86. The number of Topliss-reactive ketones (excluding diaryl/α,β-unsaturated/α-hetero) is 2. The monoisotopic (exact) mass is 278 g/mol. The third kappa shape index (κ3) is 2.90. The second kappa shape index (κ2) is 6.10. The fraction of sp³-hybridized carbons (Fsp3) is 0.286. The quantitative estimate of drug-likeness (QED) is 0.772. The number of rotatable bonds is 6. The van der Waals surface area contributed by atoms with Gasteiger partial charge in [0, 0.05) is 24.0 Å². The van der Waals surface area contributed by atoms with Crippen LogP contribution in [0.2, 0.25) is 0 Å². The van der Waals surface area contributed by atoms with Gasteiger partial charge in [-0.1, -0.05) is 13.8 Å². The van der Waals surface area contributed by atoms with Gasteiger partial charge in [-0.15, -0.1) is 0 Å². The van der Waals surface area contributed by atoms with Crippen LogP contribution in [0, 0.1) is 0 Å². The predicted octanol–water partition coefficient (Wildman–Crippen LogP) is 2.27. The van der Waals surface area contributed by atoms with Gasteiger partial charge in [-0.25, -0.2) is 9.59 Å². The first-order chi connectivity index (χ1) is 9.33. The number of hydrogen-bond donors (Lipinski definition) is 2. The lowest BCUT2D eigenvalue weighted by atomic mass is 9.92. The summed E-state index contributed by atoms with van der Waals surface area (Å²) in [5, 5.41) is 18.2. The molecule has 0 aliphatic carbocycles. The molecule has 0 amide bonds. The smallest absolute Gasteiger partial charge is 0.336 e. The number of aromatic carboxylic acids is 2. The maximum absolute atomic E-state index is 11.7. The standard InChI is InChI=1S/C14H14O6/c1-3-11(15)7-5-10(14(19)20)8(12(16)4-2)6-9(7)13(17)18/h5-6H,3-4H2,1-2H3,(H,17,18)(H,19,20). The minimum absolute atomic E-state index is 0.0421. The van der Waals surface area contributed by atoms with Crippen molar-refractivity contribution >= 4 is 23.5 Å². The number of carbonyl (C=O) groups excluding carboxylic acids is 2. The average Bonchev–Trinajstić information content (AvgIpc) is 2.43. The zero-order chi connectivity index (χ0) is 15.4. The highest BCUT2D eigenvalue weighted by molar-refractivity contribution is 6.12. The highest BCUT2D eigenvalue weighted by atomic mass is 16.4. The molecule has 0 aromatic heterocycles. The van der Waals surface area contributed by atoms with Crippen molar-refractivity contribution in [2.75, 3.05) is 0 Å². The van der Waals surface area contributed by atoms with Crippen LogP contribution in [0.3, 0.4) is 0 Å². The van der Waals surface area contributed by atoms with Crippen LogP contribution in [-0.2, 0) is 0 Å². The van der Waals surface area contributed by atoms with Crippen LogP contribution in [0.25, 0.3) is 0 Å². The van der Waals surface area contributed by atoms with E-state index < -0.39 is 23.5 Å². The molecule has 0 aliphatic rings. The first-order valence-electron chi connectivity index (χ1n) is 6.04. The van der Waals surface area contributed by atoms with Gasteiger partial charge in [0.2, 0.25) is 0 Å². The van der Waals surface area contributed by atoms with E-state index in [2.05, 4.69) is 0 Å². The summed E-state index contributed by atoms with van der Waals surface area (Å²) in [6.45, 7) is 3.08. The third-order valence-corrected chi connectivity index (χ3v) is 2.86. The van der Waals surface area contributed by atoms with Crippen molar-refractivity contribution in [1.29, 1.82) is 0 Å². The van der Waals surface area contributed by atoms with Crippen LogP contribution in [0.5, 0.6) is 0 Å². The molecule has 0 saturated heterocycles. The van der Waals surface area contributed by atoms with Gasteiger partial charge in [0.05, 0.1) is 11.1 Å². The molecule has 20 heavy (non-hydrogen) atoms. The molecule has 106 valence electrons. The Morgan fingerprint density at radius 1 is 0.750 bits per heavy atom. The minimum Gasteiger partial charge on any atom is -0.478 e. The van der Waals surface area contributed by atoms with Crippen LogP contribution < -0.4 is 0 Å². The fourth-order valence-corrected chi connectivity index (χ4v) is 1.80. The van der Waals surface area contributed by atoms with E-state index in [1.807, 2.05) is 0 Å². The number of ketones is 2. The maximum Gasteiger partial charge on any atom is 0.336 e. The first-order valence-corrected chi connectivity index (χ1v) is 6.04. The summed E-state index contributed by atoms with van der Waals surface area (Å²) in [7, 11) is 0. The van der Waals surface area contributed by atoms with Crippen molar-refractivity contribution in [3.05, 3.63) is 34.4 Å². The molecule has 0 aliphatic heterocycles. The van der Waals surface area contributed by atoms with E-state index in [4.69, 9.17) is 10.2 Å². The van der Waals surface area contributed by atoms with Gasteiger partial charge in [-0.05, 0) is 12.1 Å². The van der Waals surface area contributed by atoms with E-state index >= 15 is 0 Å². The lowest BCUT2D eigenvalue weighted by molar-refractivity contribution is 0.0676. The molecule has 2 N–H and O–H groups in total. The Morgan fingerprint density at radius 3 is 1.25 bits per heavy atom. The van der Waals surface area contributed by atoms with Gasteiger partial charge >= 0.3 is 11.9 Å². The molecule has 1 rings (SSSR count). The Labute approximate surface area is 115 Å². The summed E-state index contributed by atoms with van der Waals surface area (Å²) >= 11 is 0. The Morgan fingerprint density at radius 2 is 1.05 bits per heavy atom. The molecule has 6 heteroatoms. The second-order valence-electron chi connectivity index (χ2n) is 4.11. The summed E-state index contributed by atoms with van der Waals surface area (Å²) in [5.74, 6) is -3.71. The summed E-state index contributed by atoms with van der Waals surface area (Å²) in [5.41, 5.74) is -1.08. The van der Waals surface area contributed by atoms with Gasteiger partial charge in [-0.2, -0.15) is 0 Å². The van der Waals surface area contributed by atoms with Crippen LogP contribution >= 0.6 is 0 Å². The van der Waals surface area contributed by atoms with Crippen molar-refractivity contribution in [3.63, 3.8) is 0 Å². The average molecular weight is 278 g/mol. The summed E-state index contributed by atoms with van der Waals surface area (Å²) < 4.78 is 0. The largest absolute Gasteiger partial charge is 0.478 e. The highest BCUT2D eigenvalue weighted by Crippen LogP contribution is 2.21. The van der Waals surface area contributed by atoms with E-state index in [0.717, 1.165) is 12.1 Å². The van der Waals surface area contributed by atoms with E-state index in [-0.39, 0.29) is 35.1 Å². The van der Waals surface area contributed by atoms with Gasteiger partial charge in [0.1, 0.15) is 0 Å². The molecule has 1 aromatic rings. The van der Waals surface area contributed by atoms with Crippen molar-refractivity contribution in [2.45, 2.75) is 26.7 Å². The molecule has 1 aromatic carbocycles. The van der Waals surface area contributed by atoms with Gasteiger partial charge in [0.25, 0.3) is 0 Å². The van der Waals surface area contributed by atoms with Gasteiger partial charge in [-0.3, -0.25) is 9.59 Å². The van der Waals surface area contributed by atoms with Crippen molar-refractivity contribution in [1.82, 2.24) is 0 Å². The van der Waals surface area contributed by atoms with Gasteiger partial charge < -0.3 is 10.2 Å². The lowest BCUT2D eigenvalue weighted by Gasteiger charge is -2.10. The molecule has 0 fully saturated rings. The van der Waals surface area contributed by atoms with Crippen LogP contribution in [0.4, 0.5) is 0 Å². The Kier molecular flexibility index (Phi) is 4.74. The minimum atomic E-state index is -1.37. The summed E-state index contributed by atoms with van der Waals surface area (Å²) in [6.07, 6.45) is 0.0841. The molecule has 0 saturated carbocycles. The first kappa shape index (κ1) is 15.6. The van der Waals surface area contributed by atoms with Crippen LogP contribution in [0.1, 0.15) is 68.1 Å². The highest BCUT2D eigenvalue weighted by Gasteiger charge is 2.24. The zero-order valence-corrected chi connectivity index (χ0v) is 11.1. The van der Waals surface area contributed by atoms with Crippen molar-refractivity contribution in [2.24, 2.45) is 0 Å². The molecule has 0 heterocycles.